The van der Waals surface area contributed by atoms with Gasteiger partial charge in [-0.05, 0) is 49.0 Å². The molecule has 0 aliphatic rings. The summed E-state index contributed by atoms with van der Waals surface area (Å²) in [6.07, 6.45) is 5.67. The van der Waals surface area contributed by atoms with Gasteiger partial charge in [0, 0.05) is 13.2 Å². The number of benzene rings is 1. The third-order valence-corrected chi connectivity index (χ3v) is 3.70. The van der Waals surface area contributed by atoms with Crippen molar-refractivity contribution < 1.29 is 18.9 Å². The van der Waals surface area contributed by atoms with Crippen LogP contribution in [-0.4, -0.2) is 39.6 Å². The van der Waals surface area contributed by atoms with E-state index < -0.39 is 0 Å². The van der Waals surface area contributed by atoms with E-state index in [0.717, 1.165) is 48.3 Å². The molecule has 0 spiro atoms. The third-order valence-electron chi connectivity index (χ3n) is 3.70. The van der Waals surface area contributed by atoms with E-state index in [4.69, 9.17) is 18.9 Å². The van der Waals surface area contributed by atoms with E-state index in [-0.39, 0.29) is 0 Å². The molecule has 0 atom stereocenters. The Morgan fingerprint density at radius 2 is 1.04 bits per heavy atom. The van der Waals surface area contributed by atoms with Crippen molar-refractivity contribution in [1.82, 2.24) is 0 Å². The molecule has 0 saturated heterocycles. The zero-order valence-electron chi connectivity index (χ0n) is 16.8. The summed E-state index contributed by atoms with van der Waals surface area (Å²) < 4.78 is 21.9. The first-order chi connectivity index (χ1) is 12.7. The molecule has 1 aromatic carbocycles. The minimum absolute atomic E-state index is 0.580. The van der Waals surface area contributed by atoms with E-state index in [1.807, 2.05) is 13.8 Å². The van der Waals surface area contributed by atoms with E-state index in [9.17, 15) is 0 Å². The molecule has 0 radical (unpaired) electrons. The molecule has 4 nitrogen and oxygen atoms in total. The molecule has 0 aromatic heterocycles. The minimum atomic E-state index is 0.580. The highest BCUT2D eigenvalue weighted by Gasteiger charge is 2.00. The van der Waals surface area contributed by atoms with Gasteiger partial charge in [-0.25, -0.2) is 0 Å². The lowest BCUT2D eigenvalue weighted by Gasteiger charge is -2.07. The van der Waals surface area contributed by atoms with Gasteiger partial charge in [-0.2, -0.15) is 0 Å². The van der Waals surface area contributed by atoms with Crippen LogP contribution >= 0.6 is 0 Å². The number of ether oxygens (including phenoxy) is 4. The Kier molecular flexibility index (Phi) is 12.3. The first-order valence-corrected chi connectivity index (χ1v) is 9.52. The van der Waals surface area contributed by atoms with E-state index in [1.165, 1.54) is 0 Å². The summed E-state index contributed by atoms with van der Waals surface area (Å²) in [5.74, 6) is 0. The molecule has 1 aromatic rings. The summed E-state index contributed by atoms with van der Waals surface area (Å²) in [5, 5.41) is 0. The molecule has 0 N–H and O–H groups in total. The fourth-order valence-electron chi connectivity index (χ4n) is 2.21. The summed E-state index contributed by atoms with van der Waals surface area (Å²) >= 11 is 0. The Morgan fingerprint density at radius 3 is 1.38 bits per heavy atom. The second-order valence-corrected chi connectivity index (χ2v) is 6.15. The van der Waals surface area contributed by atoms with Crippen LogP contribution in [0.5, 0.6) is 0 Å². The Bertz CT molecular complexity index is 483. The molecule has 146 valence electrons. The molecule has 26 heavy (non-hydrogen) atoms. The molecule has 0 unspecified atom stereocenters. The molecule has 0 fully saturated rings. The summed E-state index contributed by atoms with van der Waals surface area (Å²) in [7, 11) is 0. The number of allylic oxidation sites excluding steroid dienone is 2. The maximum absolute atomic E-state index is 5.54. The largest absolute Gasteiger partial charge is 0.498 e. The zero-order chi connectivity index (χ0) is 19.0. The molecule has 0 aliphatic heterocycles. The van der Waals surface area contributed by atoms with Crippen molar-refractivity contribution in [1.29, 1.82) is 0 Å². The smallest absolute Gasteiger partial charge is 0.111 e. The lowest BCUT2D eigenvalue weighted by atomic mass is 10.0. The summed E-state index contributed by atoms with van der Waals surface area (Å²) in [5.41, 5.74) is 4.48. The van der Waals surface area contributed by atoms with Crippen LogP contribution in [-0.2, 0) is 18.9 Å². The van der Waals surface area contributed by atoms with Crippen molar-refractivity contribution in [2.24, 2.45) is 0 Å². The van der Waals surface area contributed by atoms with E-state index in [0.29, 0.717) is 26.4 Å². The van der Waals surface area contributed by atoms with Crippen LogP contribution in [0.3, 0.4) is 0 Å². The molecule has 0 saturated carbocycles. The standard InChI is InChI=1S/C22H34O4/c1-5-11-23-13-15-25-17-19(3)21-7-9-22(10-8-21)20(4)18-26-16-14-24-12-6-2/h7-10,17-18H,5-6,11-16H2,1-4H3. The SMILES string of the molecule is CCCOCCOC=C(C)c1ccc(C(C)=COCCOCCC)cc1. The second kappa shape index (κ2) is 14.4. The molecule has 1 rings (SSSR count). The summed E-state index contributed by atoms with van der Waals surface area (Å²) in [4.78, 5) is 0. The van der Waals surface area contributed by atoms with Crippen molar-refractivity contribution in [2.45, 2.75) is 40.5 Å². The topological polar surface area (TPSA) is 36.9 Å². The van der Waals surface area contributed by atoms with Gasteiger partial charge in [0.25, 0.3) is 0 Å². The van der Waals surface area contributed by atoms with Crippen molar-refractivity contribution in [3.8, 4) is 0 Å². The molecular formula is C22H34O4. The lowest BCUT2D eigenvalue weighted by Crippen LogP contribution is -2.02. The van der Waals surface area contributed by atoms with Crippen LogP contribution in [0.1, 0.15) is 51.7 Å². The Balaban J connectivity index is 2.41. The molecule has 0 aliphatic carbocycles. The van der Waals surface area contributed by atoms with Crippen molar-refractivity contribution in [3.05, 3.63) is 47.9 Å². The highest BCUT2D eigenvalue weighted by molar-refractivity contribution is 5.68. The highest BCUT2D eigenvalue weighted by atomic mass is 16.5. The second-order valence-electron chi connectivity index (χ2n) is 6.15. The van der Waals surface area contributed by atoms with Gasteiger partial charge in [-0.1, -0.05) is 38.1 Å². The average Bonchev–Trinajstić information content (AvgIpc) is 2.67. The first kappa shape index (κ1) is 22.3. The van der Waals surface area contributed by atoms with E-state index >= 15 is 0 Å². The number of rotatable bonds is 14. The molecule has 0 heterocycles. The Hall–Kier alpha value is -1.78. The predicted octanol–water partition coefficient (Wildman–Crippen LogP) is 5.29. The van der Waals surface area contributed by atoms with Gasteiger partial charge >= 0.3 is 0 Å². The molecule has 4 heteroatoms. The van der Waals surface area contributed by atoms with Crippen molar-refractivity contribution in [3.63, 3.8) is 0 Å². The maximum Gasteiger partial charge on any atom is 0.111 e. The van der Waals surface area contributed by atoms with Crippen LogP contribution < -0.4 is 0 Å². The predicted molar refractivity (Wildman–Crippen MR) is 108 cm³/mol. The van der Waals surface area contributed by atoms with Crippen LogP contribution in [0.15, 0.2) is 36.8 Å². The maximum atomic E-state index is 5.54. The van der Waals surface area contributed by atoms with Crippen LogP contribution in [0.2, 0.25) is 0 Å². The highest BCUT2D eigenvalue weighted by Crippen LogP contribution is 2.19. The molecule has 0 amide bonds. The zero-order valence-corrected chi connectivity index (χ0v) is 16.8. The Labute approximate surface area is 158 Å². The molecular weight excluding hydrogens is 328 g/mol. The van der Waals surface area contributed by atoms with Crippen LogP contribution in [0.4, 0.5) is 0 Å². The van der Waals surface area contributed by atoms with Crippen LogP contribution in [0.25, 0.3) is 11.1 Å². The normalized spacial score (nSPS) is 12.3. The van der Waals surface area contributed by atoms with Gasteiger partial charge in [0.05, 0.1) is 25.7 Å². The summed E-state index contributed by atoms with van der Waals surface area (Å²) in [6, 6.07) is 8.39. The Morgan fingerprint density at radius 1 is 0.654 bits per heavy atom. The van der Waals surface area contributed by atoms with Gasteiger partial charge in [-0.15, -0.1) is 0 Å². The van der Waals surface area contributed by atoms with Gasteiger partial charge < -0.3 is 18.9 Å². The van der Waals surface area contributed by atoms with Gasteiger partial charge in [0.1, 0.15) is 13.2 Å². The third kappa shape index (κ3) is 9.64. The minimum Gasteiger partial charge on any atom is -0.498 e. The van der Waals surface area contributed by atoms with E-state index in [1.54, 1.807) is 12.5 Å². The van der Waals surface area contributed by atoms with Crippen molar-refractivity contribution in [2.75, 3.05) is 39.6 Å². The fraction of sp³-hybridized carbons (Fsp3) is 0.545. The average molecular weight is 363 g/mol. The number of hydrogen-bond donors (Lipinski definition) is 0. The monoisotopic (exact) mass is 362 g/mol. The van der Waals surface area contributed by atoms with Crippen molar-refractivity contribution >= 4 is 11.1 Å². The first-order valence-electron chi connectivity index (χ1n) is 9.52. The fourth-order valence-corrected chi connectivity index (χ4v) is 2.21. The van der Waals surface area contributed by atoms with Gasteiger partial charge in [-0.3, -0.25) is 0 Å². The quantitative estimate of drug-likeness (QED) is 0.333. The summed E-state index contributed by atoms with van der Waals surface area (Å²) in [6.45, 7) is 12.3. The number of hydrogen-bond acceptors (Lipinski definition) is 4. The lowest BCUT2D eigenvalue weighted by molar-refractivity contribution is 0.0856. The van der Waals surface area contributed by atoms with Gasteiger partial charge in [0.2, 0.25) is 0 Å². The molecule has 0 bridgehead atoms. The van der Waals surface area contributed by atoms with Crippen LogP contribution in [0, 0.1) is 0 Å². The van der Waals surface area contributed by atoms with Gasteiger partial charge in [0.15, 0.2) is 0 Å². The van der Waals surface area contributed by atoms with E-state index in [2.05, 4.69) is 38.1 Å².